The fourth-order valence-corrected chi connectivity index (χ4v) is 3.54. The number of nitrogens with zero attached hydrogens (tertiary/aromatic N) is 5. The quantitative estimate of drug-likeness (QED) is 0.524. The number of fused-ring (bicyclic) bond motifs is 2. The number of ether oxygens (including phenoxy) is 1. The molecule has 4 heterocycles. The van der Waals surface area contributed by atoms with E-state index in [1.807, 2.05) is 18.2 Å². The smallest absolute Gasteiger partial charge is 0.252 e. The maximum atomic E-state index is 11.7. The molecule has 4 aromatic rings. The maximum absolute atomic E-state index is 11.7. The Bertz CT molecular complexity index is 1240. The fourth-order valence-electron chi connectivity index (χ4n) is 3.54. The van der Waals surface area contributed by atoms with Gasteiger partial charge in [-0.1, -0.05) is 30.3 Å². The second kappa shape index (κ2) is 7.53. The summed E-state index contributed by atoms with van der Waals surface area (Å²) in [6.07, 6.45) is 2.49. The molecule has 3 N–H and O–H groups in total. The van der Waals surface area contributed by atoms with Crippen LogP contribution in [0.15, 0.2) is 48.7 Å². The first-order valence-electron chi connectivity index (χ1n) is 9.60. The molecule has 0 radical (unpaired) electrons. The molecule has 150 valence electrons. The first kappa shape index (κ1) is 18.2. The maximum Gasteiger partial charge on any atom is 0.252 e. The van der Waals surface area contributed by atoms with Gasteiger partial charge in [0.1, 0.15) is 5.82 Å². The Balaban J connectivity index is 1.58. The van der Waals surface area contributed by atoms with Gasteiger partial charge in [-0.2, -0.15) is 0 Å². The van der Waals surface area contributed by atoms with Crippen molar-refractivity contribution in [3.8, 4) is 11.6 Å². The van der Waals surface area contributed by atoms with Gasteiger partial charge in [-0.25, -0.2) is 9.97 Å². The predicted molar refractivity (Wildman–Crippen MR) is 110 cm³/mol. The minimum Gasteiger partial charge on any atom is -0.375 e. The Labute approximate surface area is 171 Å². The van der Waals surface area contributed by atoms with Crippen LogP contribution >= 0.6 is 0 Å². The van der Waals surface area contributed by atoms with Gasteiger partial charge in [0, 0.05) is 24.7 Å². The molecule has 0 fully saturated rings. The van der Waals surface area contributed by atoms with Crippen LogP contribution in [0.4, 0.5) is 5.82 Å². The summed E-state index contributed by atoms with van der Waals surface area (Å²) in [7, 11) is 0. The third-order valence-corrected chi connectivity index (χ3v) is 5.03. The lowest BCUT2D eigenvalue weighted by molar-refractivity contribution is 0.100. The largest absolute Gasteiger partial charge is 0.375 e. The zero-order valence-electron chi connectivity index (χ0n) is 16.1. The number of nitrogens with one attached hydrogen (secondary N) is 1. The SMILES string of the molecule is NC(=O)c1cccn2c(-c3nc4c(c(NCc5ccccc5)n3)CCOC4)nnc12. The van der Waals surface area contributed by atoms with Gasteiger partial charge in [0.2, 0.25) is 11.6 Å². The van der Waals surface area contributed by atoms with E-state index in [4.69, 9.17) is 15.5 Å². The number of nitrogens with two attached hydrogens (primary N) is 1. The predicted octanol–water partition coefficient (Wildman–Crippen LogP) is 1.97. The number of anilines is 1. The van der Waals surface area contributed by atoms with Crippen molar-refractivity contribution in [2.75, 3.05) is 11.9 Å². The van der Waals surface area contributed by atoms with Gasteiger partial charge < -0.3 is 15.8 Å². The molecule has 1 amide bonds. The molecule has 30 heavy (non-hydrogen) atoms. The minimum atomic E-state index is -0.565. The number of carbonyl (C=O) groups excluding carboxylic acids is 1. The van der Waals surface area contributed by atoms with Crippen molar-refractivity contribution in [1.82, 2.24) is 24.6 Å². The summed E-state index contributed by atoms with van der Waals surface area (Å²) in [5.74, 6) is 1.03. The molecule has 0 bridgehead atoms. The molecule has 0 spiro atoms. The van der Waals surface area contributed by atoms with Gasteiger partial charge in [0.25, 0.3) is 5.91 Å². The monoisotopic (exact) mass is 401 g/mol. The first-order valence-corrected chi connectivity index (χ1v) is 9.60. The molecule has 9 nitrogen and oxygen atoms in total. The van der Waals surface area contributed by atoms with Gasteiger partial charge in [-0.3, -0.25) is 9.20 Å². The highest BCUT2D eigenvalue weighted by atomic mass is 16.5. The standard InChI is InChI=1S/C21H19N7O2/c22-17(29)15-7-4-9-28-20(15)26-27-21(28)19-24-16-12-30-10-8-14(16)18(25-19)23-11-13-5-2-1-3-6-13/h1-7,9H,8,10-12H2,(H2,22,29)(H,23,24,25). The fraction of sp³-hybridized carbons (Fsp3) is 0.190. The van der Waals surface area contributed by atoms with Crippen molar-refractivity contribution >= 4 is 17.4 Å². The number of aromatic nitrogens is 5. The summed E-state index contributed by atoms with van der Waals surface area (Å²) < 4.78 is 7.28. The molecular formula is C21H19N7O2. The molecule has 9 heteroatoms. The molecule has 1 aliphatic heterocycles. The average Bonchev–Trinajstić information content (AvgIpc) is 3.22. The minimum absolute atomic E-state index is 0.292. The second-order valence-corrected chi connectivity index (χ2v) is 6.97. The number of rotatable bonds is 5. The summed E-state index contributed by atoms with van der Waals surface area (Å²) in [5, 5.41) is 11.8. The van der Waals surface area contributed by atoms with Crippen molar-refractivity contribution in [1.29, 1.82) is 0 Å². The van der Waals surface area contributed by atoms with E-state index in [1.54, 1.807) is 22.7 Å². The van der Waals surface area contributed by atoms with E-state index in [9.17, 15) is 4.79 Å². The Morgan fingerprint density at radius 1 is 1.13 bits per heavy atom. The van der Waals surface area contributed by atoms with E-state index >= 15 is 0 Å². The highest BCUT2D eigenvalue weighted by molar-refractivity contribution is 5.98. The van der Waals surface area contributed by atoms with E-state index < -0.39 is 5.91 Å². The molecule has 0 saturated heterocycles. The number of carbonyl (C=O) groups is 1. The third-order valence-electron chi connectivity index (χ3n) is 5.03. The van der Waals surface area contributed by atoms with Gasteiger partial charge in [0.15, 0.2) is 5.65 Å². The molecule has 0 aliphatic carbocycles. The van der Waals surface area contributed by atoms with E-state index in [0.717, 1.165) is 29.1 Å². The van der Waals surface area contributed by atoms with Crippen LogP contribution in [0, 0.1) is 0 Å². The van der Waals surface area contributed by atoms with E-state index in [1.165, 1.54) is 0 Å². The number of hydrogen-bond donors (Lipinski definition) is 2. The Morgan fingerprint density at radius 3 is 2.83 bits per heavy atom. The third kappa shape index (κ3) is 3.25. The molecule has 1 aliphatic rings. The number of primary amides is 1. The number of benzene rings is 1. The molecular weight excluding hydrogens is 382 g/mol. The molecule has 0 unspecified atom stereocenters. The normalized spacial score (nSPS) is 13.2. The molecule has 0 atom stereocenters. The highest BCUT2D eigenvalue weighted by Gasteiger charge is 2.22. The Hall–Kier alpha value is -3.85. The second-order valence-electron chi connectivity index (χ2n) is 6.97. The van der Waals surface area contributed by atoms with Gasteiger partial charge in [-0.15, -0.1) is 10.2 Å². The van der Waals surface area contributed by atoms with E-state index in [2.05, 4.69) is 32.6 Å². The Kier molecular flexibility index (Phi) is 4.56. The topological polar surface area (TPSA) is 120 Å². The highest BCUT2D eigenvalue weighted by Crippen LogP contribution is 2.26. The Morgan fingerprint density at radius 2 is 2.00 bits per heavy atom. The van der Waals surface area contributed by atoms with Gasteiger partial charge >= 0.3 is 0 Å². The van der Waals surface area contributed by atoms with Crippen molar-refractivity contribution in [2.24, 2.45) is 5.73 Å². The zero-order chi connectivity index (χ0) is 20.5. The van der Waals surface area contributed by atoms with Crippen LogP contribution in [0.2, 0.25) is 0 Å². The van der Waals surface area contributed by atoms with Crippen molar-refractivity contribution < 1.29 is 9.53 Å². The average molecular weight is 401 g/mol. The van der Waals surface area contributed by atoms with Gasteiger partial charge in [-0.05, 0) is 17.7 Å². The molecule has 0 saturated carbocycles. The van der Waals surface area contributed by atoms with Crippen molar-refractivity contribution in [3.63, 3.8) is 0 Å². The van der Waals surface area contributed by atoms with Crippen LogP contribution < -0.4 is 11.1 Å². The molecule has 1 aromatic carbocycles. The summed E-state index contributed by atoms with van der Waals surface area (Å²) in [6, 6.07) is 13.4. The number of amides is 1. The number of pyridine rings is 1. The number of hydrogen-bond acceptors (Lipinski definition) is 7. The molecule has 5 rings (SSSR count). The summed E-state index contributed by atoms with van der Waals surface area (Å²) in [6.45, 7) is 1.68. The lowest BCUT2D eigenvalue weighted by atomic mass is 10.1. The van der Waals surface area contributed by atoms with Gasteiger partial charge in [0.05, 0.1) is 24.5 Å². The first-order chi connectivity index (χ1) is 14.7. The van der Waals surface area contributed by atoms with Crippen LogP contribution in [0.1, 0.15) is 27.2 Å². The molecule has 3 aromatic heterocycles. The summed E-state index contributed by atoms with van der Waals surface area (Å²) in [4.78, 5) is 21.1. The van der Waals surface area contributed by atoms with Crippen LogP contribution in [-0.2, 0) is 24.3 Å². The van der Waals surface area contributed by atoms with E-state index in [-0.39, 0.29) is 0 Å². The van der Waals surface area contributed by atoms with Crippen molar-refractivity contribution in [3.05, 3.63) is 71.0 Å². The van der Waals surface area contributed by atoms with Crippen molar-refractivity contribution in [2.45, 2.75) is 19.6 Å². The van der Waals surface area contributed by atoms with Crippen LogP contribution in [0.5, 0.6) is 0 Å². The zero-order valence-corrected chi connectivity index (χ0v) is 16.1. The lowest BCUT2D eigenvalue weighted by Crippen LogP contribution is -2.17. The van der Waals surface area contributed by atoms with Crippen LogP contribution in [0.25, 0.3) is 17.3 Å². The lowest BCUT2D eigenvalue weighted by Gasteiger charge is -2.20. The van der Waals surface area contributed by atoms with E-state index in [0.29, 0.717) is 42.6 Å². The van der Waals surface area contributed by atoms with Crippen LogP contribution in [0.3, 0.4) is 0 Å². The summed E-state index contributed by atoms with van der Waals surface area (Å²) >= 11 is 0. The van der Waals surface area contributed by atoms with Crippen LogP contribution in [-0.4, -0.2) is 37.1 Å². The summed E-state index contributed by atoms with van der Waals surface area (Å²) in [5.41, 5.74) is 9.15.